The second-order valence-corrected chi connectivity index (χ2v) is 6.33. The van der Waals surface area contributed by atoms with Gasteiger partial charge >= 0.3 is 0 Å². The minimum absolute atomic E-state index is 0.118. The highest BCUT2D eigenvalue weighted by molar-refractivity contribution is 5.80. The van der Waals surface area contributed by atoms with E-state index in [1.54, 1.807) is 0 Å². The van der Waals surface area contributed by atoms with Gasteiger partial charge in [-0.2, -0.15) is 0 Å². The lowest BCUT2D eigenvalue weighted by Crippen LogP contribution is -2.48. The maximum Gasteiger partial charge on any atom is 0.227 e. The third-order valence-electron chi connectivity index (χ3n) is 5.19. The molecule has 3 nitrogen and oxygen atoms in total. The number of nitrogens with two attached hydrogens (primary N) is 1. The molecule has 0 aromatic rings. The molecular weight excluding hydrogens is 224 g/mol. The smallest absolute Gasteiger partial charge is 0.227 e. The summed E-state index contributed by atoms with van der Waals surface area (Å²) in [6.45, 7) is 8.21. The molecule has 18 heavy (non-hydrogen) atoms. The molecule has 0 aliphatic heterocycles. The van der Waals surface area contributed by atoms with Crippen LogP contribution >= 0.6 is 0 Å². The molecule has 2 aliphatic carbocycles. The third-order valence-corrected chi connectivity index (χ3v) is 5.19. The first-order valence-corrected chi connectivity index (χ1v) is 7.62. The highest BCUT2D eigenvalue weighted by Crippen LogP contribution is 2.48. The molecule has 0 spiro atoms. The maximum absolute atomic E-state index is 12.7. The van der Waals surface area contributed by atoms with Crippen molar-refractivity contribution in [1.82, 2.24) is 4.90 Å². The van der Waals surface area contributed by atoms with Crippen molar-refractivity contribution in [3.05, 3.63) is 0 Å². The molecule has 5 unspecified atom stereocenters. The summed E-state index contributed by atoms with van der Waals surface area (Å²) in [5.41, 5.74) is 6.27. The van der Waals surface area contributed by atoms with E-state index in [0.29, 0.717) is 23.7 Å². The number of hydrogen-bond donors (Lipinski definition) is 1. The van der Waals surface area contributed by atoms with Crippen molar-refractivity contribution in [3.8, 4) is 0 Å². The third kappa shape index (κ3) is 2.42. The van der Waals surface area contributed by atoms with Gasteiger partial charge in [-0.15, -0.1) is 0 Å². The molecule has 3 heteroatoms. The first-order valence-electron chi connectivity index (χ1n) is 7.62. The second kappa shape index (κ2) is 5.60. The Labute approximate surface area is 111 Å². The summed E-state index contributed by atoms with van der Waals surface area (Å²) in [5, 5.41) is 0. The van der Waals surface area contributed by atoms with Crippen LogP contribution in [0.15, 0.2) is 0 Å². The van der Waals surface area contributed by atoms with E-state index in [-0.39, 0.29) is 12.0 Å². The number of carbonyl (C=O) groups excluding carboxylic acids is 1. The Kier molecular flexibility index (Phi) is 4.31. The molecule has 2 aliphatic rings. The lowest BCUT2D eigenvalue weighted by atomic mass is 9.84. The van der Waals surface area contributed by atoms with Crippen LogP contribution in [0.25, 0.3) is 0 Å². The average Bonchev–Trinajstić information content (AvgIpc) is 2.95. The van der Waals surface area contributed by atoms with E-state index in [2.05, 4.69) is 20.8 Å². The van der Waals surface area contributed by atoms with Gasteiger partial charge in [0.2, 0.25) is 5.91 Å². The molecule has 2 N–H and O–H groups in total. The number of rotatable bonds is 5. The summed E-state index contributed by atoms with van der Waals surface area (Å²) in [7, 11) is 0. The van der Waals surface area contributed by atoms with Crippen LogP contribution in [-0.4, -0.2) is 29.9 Å². The highest BCUT2D eigenvalue weighted by Gasteiger charge is 2.49. The Hall–Kier alpha value is -0.570. The number of hydrogen-bond acceptors (Lipinski definition) is 2. The zero-order valence-corrected chi connectivity index (χ0v) is 12.1. The minimum Gasteiger partial charge on any atom is -0.342 e. The molecule has 0 aromatic carbocycles. The van der Waals surface area contributed by atoms with Gasteiger partial charge in [-0.25, -0.2) is 0 Å². The van der Waals surface area contributed by atoms with Crippen LogP contribution in [-0.2, 0) is 4.79 Å². The van der Waals surface area contributed by atoms with Crippen molar-refractivity contribution in [3.63, 3.8) is 0 Å². The summed E-state index contributed by atoms with van der Waals surface area (Å²) in [6, 6.07) is 0.127. The standard InChI is InChI=1S/C15H28N2O/c1-4-10(3)9-17(5-2)15(18)13-11-6-7-12(8-11)14(13)16/h10-14H,4-9,16H2,1-3H3. The van der Waals surface area contributed by atoms with Crippen LogP contribution in [0.3, 0.4) is 0 Å². The van der Waals surface area contributed by atoms with E-state index >= 15 is 0 Å². The number of amides is 1. The topological polar surface area (TPSA) is 46.3 Å². The summed E-state index contributed by atoms with van der Waals surface area (Å²) >= 11 is 0. The Morgan fingerprint density at radius 3 is 2.50 bits per heavy atom. The van der Waals surface area contributed by atoms with Crippen molar-refractivity contribution in [2.75, 3.05) is 13.1 Å². The monoisotopic (exact) mass is 252 g/mol. The van der Waals surface area contributed by atoms with Crippen LogP contribution in [0.2, 0.25) is 0 Å². The molecule has 1 amide bonds. The van der Waals surface area contributed by atoms with Crippen LogP contribution in [0, 0.1) is 23.7 Å². The molecule has 0 saturated heterocycles. The summed E-state index contributed by atoms with van der Waals surface area (Å²) in [6.07, 6.45) is 4.79. The van der Waals surface area contributed by atoms with Crippen LogP contribution in [0.1, 0.15) is 46.5 Å². The van der Waals surface area contributed by atoms with Gasteiger partial charge in [0.1, 0.15) is 0 Å². The predicted octanol–water partition coefficient (Wildman–Crippen LogP) is 2.25. The Morgan fingerprint density at radius 1 is 1.33 bits per heavy atom. The quantitative estimate of drug-likeness (QED) is 0.816. The van der Waals surface area contributed by atoms with Gasteiger partial charge in [-0.3, -0.25) is 4.79 Å². The number of nitrogens with zero attached hydrogens (tertiary/aromatic N) is 1. The number of fused-ring (bicyclic) bond motifs is 2. The lowest BCUT2D eigenvalue weighted by molar-refractivity contribution is -0.138. The predicted molar refractivity (Wildman–Crippen MR) is 74.0 cm³/mol. The van der Waals surface area contributed by atoms with Gasteiger partial charge in [0.05, 0.1) is 5.92 Å². The zero-order chi connectivity index (χ0) is 13.3. The first kappa shape index (κ1) is 13.9. The average molecular weight is 252 g/mol. The molecule has 2 rings (SSSR count). The Bertz CT molecular complexity index is 303. The molecule has 104 valence electrons. The molecule has 2 bridgehead atoms. The van der Waals surface area contributed by atoms with Crippen molar-refractivity contribution in [2.24, 2.45) is 29.4 Å². The number of carbonyl (C=O) groups is 1. The van der Waals surface area contributed by atoms with E-state index in [9.17, 15) is 4.79 Å². The molecule has 5 atom stereocenters. The van der Waals surface area contributed by atoms with E-state index in [0.717, 1.165) is 19.5 Å². The van der Waals surface area contributed by atoms with E-state index in [1.807, 2.05) is 4.90 Å². The molecule has 0 heterocycles. The largest absolute Gasteiger partial charge is 0.342 e. The van der Waals surface area contributed by atoms with Crippen molar-refractivity contribution < 1.29 is 4.79 Å². The van der Waals surface area contributed by atoms with Gasteiger partial charge in [-0.05, 0) is 43.9 Å². The fraction of sp³-hybridized carbons (Fsp3) is 0.933. The molecule has 2 saturated carbocycles. The van der Waals surface area contributed by atoms with Gasteiger partial charge in [-0.1, -0.05) is 20.3 Å². The van der Waals surface area contributed by atoms with Crippen molar-refractivity contribution in [2.45, 2.75) is 52.5 Å². The van der Waals surface area contributed by atoms with Gasteiger partial charge in [0.15, 0.2) is 0 Å². The highest BCUT2D eigenvalue weighted by atomic mass is 16.2. The van der Waals surface area contributed by atoms with E-state index in [1.165, 1.54) is 19.3 Å². The fourth-order valence-corrected chi connectivity index (χ4v) is 3.79. The second-order valence-electron chi connectivity index (χ2n) is 6.33. The van der Waals surface area contributed by atoms with Crippen LogP contribution in [0.4, 0.5) is 0 Å². The van der Waals surface area contributed by atoms with Crippen LogP contribution in [0.5, 0.6) is 0 Å². The van der Waals surface area contributed by atoms with Crippen LogP contribution < -0.4 is 5.73 Å². The Morgan fingerprint density at radius 2 is 2.00 bits per heavy atom. The summed E-state index contributed by atoms with van der Waals surface area (Å²) < 4.78 is 0. The van der Waals surface area contributed by atoms with E-state index < -0.39 is 0 Å². The van der Waals surface area contributed by atoms with Gasteiger partial charge in [0, 0.05) is 19.1 Å². The molecular formula is C15H28N2O. The van der Waals surface area contributed by atoms with Gasteiger partial charge in [0.25, 0.3) is 0 Å². The SMILES string of the molecule is CCC(C)CN(CC)C(=O)C1C2CCC(C2)C1N. The Balaban J connectivity index is 2.01. The molecule has 0 radical (unpaired) electrons. The minimum atomic E-state index is 0.118. The lowest BCUT2D eigenvalue weighted by Gasteiger charge is -2.33. The van der Waals surface area contributed by atoms with Crippen molar-refractivity contribution >= 4 is 5.91 Å². The summed E-state index contributed by atoms with van der Waals surface area (Å²) in [5.74, 6) is 2.23. The maximum atomic E-state index is 12.7. The molecule has 2 fully saturated rings. The zero-order valence-electron chi connectivity index (χ0n) is 12.1. The van der Waals surface area contributed by atoms with Gasteiger partial charge < -0.3 is 10.6 Å². The van der Waals surface area contributed by atoms with E-state index in [4.69, 9.17) is 5.73 Å². The normalized spacial score (nSPS) is 35.8. The fourth-order valence-electron chi connectivity index (χ4n) is 3.79. The van der Waals surface area contributed by atoms with Crippen molar-refractivity contribution in [1.29, 1.82) is 0 Å². The summed E-state index contributed by atoms with van der Waals surface area (Å²) in [4.78, 5) is 14.7. The first-order chi connectivity index (χ1) is 8.58. The molecule has 0 aromatic heterocycles.